The number of nitro benzene ring substituents is 1. The lowest BCUT2D eigenvalue weighted by molar-refractivity contribution is -0.384. The molecule has 8 heteroatoms. The van der Waals surface area contributed by atoms with Gasteiger partial charge in [-0.15, -0.1) is 0 Å². The lowest BCUT2D eigenvalue weighted by Crippen LogP contribution is -2.02. The van der Waals surface area contributed by atoms with Gasteiger partial charge in [0.2, 0.25) is 5.88 Å². The average Bonchev–Trinajstić information content (AvgIpc) is 2.47. The monoisotopic (exact) mass is 290 g/mol. The summed E-state index contributed by atoms with van der Waals surface area (Å²) in [4.78, 5) is 18.2. The van der Waals surface area contributed by atoms with E-state index in [2.05, 4.69) is 9.97 Å². The molecule has 2 aromatic rings. The van der Waals surface area contributed by atoms with Crippen LogP contribution in [-0.4, -0.2) is 22.0 Å². The number of benzene rings is 1. The standard InChI is InChI=1S/C13H14N4O4/c1-3-9-12(14)15-7-16-13(9)21-10-5-4-8(17(18)19)6-11(10)20-2/h4-7H,3H2,1-2H3,(H2,14,15,16). The number of hydrogen-bond acceptors (Lipinski definition) is 7. The Labute approximate surface area is 120 Å². The second kappa shape index (κ2) is 6.04. The lowest BCUT2D eigenvalue weighted by Gasteiger charge is -2.12. The highest BCUT2D eigenvalue weighted by Gasteiger charge is 2.16. The van der Waals surface area contributed by atoms with E-state index in [0.29, 0.717) is 29.4 Å². The molecule has 0 fully saturated rings. The van der Waals surface area contributed by atoms with E-state index < -0.39 is 4.92 Å². The van der Waals surface area contributed by atoms with Gasteiger partial charge in [-0.05, 0) is 12.5 Å². The van der Waals surface area contributed by atoms with Gasteiger partial charge in [0.1, 0.15) is 12.1 Å². The summed E-state index contributed by atoms with van der Waals surface area (Å²) in [5, 5.41) is 10.8. The van der Waals surface area contributed by atoms with Gasteiger partial charge in [-0.1, -0.05) is 6.92 Å². The van der Waals surface area contributed by atoms with Crippen molar-refractivity contribution in [2.45, 2.75) is 13.3 Å². The van der Waals surface area contributed by atoms with Gasteiger partial charge in [0.05, 0.1) is 23.7 Å². The first-order valence-electron chi connectivity index (χ1n) is 6.16. The van der Waals surface area contributed by atoms with Crippen LogP contribution in [0.3, 0.4) is 0 Å². The molecule has 0 unspecified atom stereocenters. The molecule has 0 bridgehead atoms. The molecule has 2 N–H and O–H groups in total. The highest BCUT2D eigenvalue weighted by Crippen LogP contribution is 2.35. The quantitative estimate of drug-likeness (QED) is 0.663. The molecular weight excluding hydrogens is 276 g/mol. The van der Waals surface area contributed by atoms with Crippen molar-refractivity contribution in [3.05, 3.63) is 40.2 Å². The zero-order chi connectivity index (χ0) is 15.4. The summed E-state index contributed by atoms with van der Waals surface area (Å²) in [5.41, 5.74) is 6.35. The number of nitrogens with zero attached hydrogens (tertiary/aromatic N) is 3. The molecule has 21 heavy (non-hydrogen) atoms. The van der Waals surface area contributed by atoms with Crippen molar-refractivity contribution in [2.24, 2.45) is 0 Å². The number of nitrogens with two attached hydrogens (primary N) is 1. The molecule has 8 nitrogen and oxygen atoms in total. The third-order valence-corrected chi connectivity index (χ3v) is 2.86. The molecule has 0 aliphatic carbocycles. The van der Waals surface area contributed by atoms with Crippen LogP contribution in [0.1, 0.15) is 12.5 Å². The van der Waals surface area contributed by atoms with Crippen LogP contribution in [0.5, 0.6) is 17.4 Å². The summed E-state index contributed by atoms with van der Waals surface area (Å²) in [5.74, 6) is 1.19. The molecule has 0 atom stereocenters. The summed E-state index contributed by atoms with van der Waals surface area (Å²) in [6.45, 7) is 1.90. The average molecular weight is 290 g/mol. The fourth-order valence-electron chi connectivity index (χ4n) is 1.79. The minimum atomic E-state index is -0.507. The number of methoxy groups -OCH3 is 1. The predicted octanol–water partition coefficient (Wildman–Crippen LogP) is 2.33. The Kier molecular flexibility index (Phi) is 4.17. The van der Waals surface area contributed by atoms with Crippen molar-refractivity contribution < 1.29 is 14.4 Å². The Bertz CT molecular complexity index is 675. The van der Waals surface area contributed by atoms with E-state index in [4.69, 9.17) is 15.2 Å². The molecule has 1 aromatic carbocycles. The van der Waals surface area contributed by atoms with Gasteiger partial charge in [-0.2, -0.15) is 0 Å². The summed E-state index contributed by atoms with van der Waals surface area (Å²) in [7, 11) is 1.40. The molecule has 1 aromatic heterocycles. The molecule has 0 saturated heterocycles. The topological polar surface area (TPSA) is 113 Å². The number of aromatic nitrogens is 2. The summed E-state index contributed by atoms with van der Waals surface area (Å²) >= 11 is 0. The minimum Gasteiger partial charge on any atom is -0.493 e. The van der Waals surface area contributed by atoms with E-state index in [0.717, 1.165) is 0 Å². The van der Waals surface area contributed by atoms with Crippen LogP contribution < -0.4 is 15.2 Å². The third kappa shape index (κ3) is 2.99. The number of nitro groups is 1. The number of anilines is 1. The molecule has 0 aliphatic heterocycles. The van der Waals surface area contributed by atoms with Gasteiger partial charge in [0.15, 0.2) is 11.5 Å². The van der Waals surface area contributed by atoms with Crippen molar-refractivity contribution in [3.63, 3.8) is 0 Å². The van der Waals surface area contributed by atoms with E-state index in [1.807, 2.05) is 6.92 Å². The lowest BCUT2D eigenvalue weighted by atomic mass is 10.2. The van der Waals surface area contributed by atoms with Crippen molar-refractivity contribution in [1.29, 1.82) is 0 Å². The van der Waals surface area contributed by atoms with Crippen LogP contribution in [-0.2, 0) is 6.42 Å². The van der Waals surface area contributed by atoms with Crippen LogP contribution in [0.4, 0.5) is 11.5 Å². The van der Waals surface area contributed by atoms with Gasteiger partial charge in [0.25, 0.3) is 5.69 Å². The van der Waals surface area contributed by atoms with E-state index in [-0.39, 0.29) is 11.4 Å². The molecule has 0 saturated carbocycles. The highest BCUT2D eigenvalue weighted by molar-refractivity contribution is 5.52. The first-order valence-corrected chi connectivity index (χ1v) is 6.16. The summed E-state index contributed by atoms with van der Waals surface area (Å²) in [6.07, 6.45) is 1.89. The first kappa shape index (κ1) is 14.5. The maximum absolute atomic E-state index is 10.8. The van der Waals surface area contributed by atoms with Crippen LogP contribution >= 0.6 is 0 Å². The van der Waals surface area contributed by atoms with Crippen molar-refractivity contribution in [1.82, 2.24) is 9.97 Å². The second-order valence-corrected chi connectivity index (χ2v) is 4.09. The molecule has 1 heterocycles. The fraction of sp³-hybridized carbons (Fsp3) is 0.231. The molecule has 0 amide bonds. The van der Waals surface area contributed by atoms with E-state index in [1.54, 1.807) is 0 Å². The van der Waals surface area contributed by atoms with Gasteiger partial charge >= 0.3 is 0 Å². The second-order valence-electron chi connectivity index (χ2n) is 4.09. The molecule has 110 valence electrons. The summed E-state index contributed by atoms with van der Waals surface area (Å²) < 4.78 is 10.8. The maximum atomic E-state index is 10.8. The maximum Gasteiger partial charge on any atom is 0.273 e. The van der Waals surface area contributed by atoms with Crippen LogP contribution in [0, 0.1) is 10.1 Å². The van der Waals surface area contributed by atoms with Gasteiger partial charge in [0, 0.05) is 6.07 Å². The smallest absolute Gasteiger partial charge is 0.273 e. The van der Waals surface area contributed by atoms with Crippen LogP contribution in [0.25, 0.3) is 0 Å². The number of ether oxygens (including phenoxy) is 2. The summed E-state index contributed by atoms with van der Waals surface area (Å²) in [6, 6.07) is 4.06. The van der Waals surface area contributed by atoms with Gasteiger partial charge in [-0.3, -0.25) is 10.1 Å². The fourth-order valence-corrected chi connectivity index (χ4v) is 1.79. The Morgan fingerprint density at radius 2 is 2.10 bits per heavy atom. The Morgan fingerprint density at radius 1 is 1.33 bits per heavy atom. The van der Waals surface area contributed by atoms with Crippen LogP contribution in [0.2, 0.25) is 0 Å². The van der Waals surface area contributed by atoms with Crippen molar-refractivity contribution >= 4 is 11.5 Å². The van der Waals surface area contributed by atoms with E-state index in [9.17, 15) is 10.1 Å². The zero-order valence-electron chi connectivity index (χ0n) is 11.6. The number of rotatable bonds is 5. The van der Waals surface area contributed by atoms with Gasteiger partial charge < -0.3 is 15.2 Å². The predicted molar refractivity (Wildman–Crippen MR) is 75.5 cm³/mol. The first-order chi connectivity index (χ1) is 10.1. The molecule has 0 spiro atoms. The molecule has 0 radical (unpaired) electrons. The Morgan fingerprint density at radius 3 is 2.71 bits per heavy atom. The zero-order valence-corrected chi connectivity index (χ0v) is 11.6. The van der Waals surface area contributed by atoms with Crippen LogP contribution in [0.15, 0.2) is 24.5 Å². The van der Waals surface area contributed by atoms with Crippen molar-refractivity contribution in [2.75, 3.05) is 12.8 Å². The molecular formula is C13H14N4O4. The third-order valence-electron chi connectivity index (χ3n) is 2.86. The largest absolute Gasteiger partial charge is 0.493 e. The molecule has 2 rings (SSSR count). The van der Waals surface area contributed by atoms with Crippen molar-refractivity contribution in [3.8, 4) is 17.4 Å². The van der Waals surface area contributed by atoms with E-state index in [1.165, 1.54) is 31.6 Å². The van der Waals surface area contributed by atoms with E-state index >= 15 is 0 Å². The molecule has 0 aliphatic rings. The highest BCUT2D eigenvalue weighted by atomic mass is 16.6. The Hall–Kier alpha value is -2.90. The number of nitrogen functional groups attached to an aromatic ring is 1. The number of non-ortho nitro benzene ring substituents is 1. The Balaban J connectivity index is 2.40. The number of hydrogen-bond donors (Lipinski definition) is 1. The van der Waals surface area contributed by atoms with Gasteiger partial charge in [-0.25, -0.2) is 9.97 Å². The normalized spacial score (nSPS) is 10.2. The SMILES string of the molecule is CCc1c(N)ncnc1Oc1ccc([N+](=O)[O-])cc1OC. The minimum absolute atomic E-state index is 0.0860.